The van der Waals surface area contributed by atoms with Gasteiger partial charge in [-0.15, -0.1) is 0 Å². The van der Waals surface area contributed by atoms with Crippen LogP contribution in [0.25, 0.3) is 0 Å². The van der Waals surface area contributed by atoms with E-state index in [-0.39, 0.29) is 5.41 Å². The SMILES string of the molecule is CNC(C)c1ccc(C(C)(C)C)cc1C. The first-order valence-corrected chi connectivity index (χ1v) is 5.64. The van der Waals surface area contributed by atoms with E-state index in [1.165, 1.54) is 16.7 Å². The Morgan fingerprint density at radius 1 is 1.20 bits per heavy atom. The molecule has 0 heterocycles. The first-order chi connectivity index (χ1) is 6.86. The lowest BCUT2D eigenvalue weighted by atomic mass is 9.85. The molecule has 1 nitrogen and oxygen atoms in total. The Hall–Kier alpha value is -0.820. The normalized spacial score (nSPS) is 14.0. The van der Waals surface area contributed by atoms with Gasteiger partial charge >= 0.3 is 0 Å². The Bertz CT molecular complexity index is 334. The highest BCUT2D eigenvalue weighted by Crippen LogP contribution is 2.26. The highest BCUT2D eigenvalue weighted by Gasteiger charge is 2.15. The van der Waals surface area contributed by atoms with E-state index in [0.717, 1.165) is 0 Å². The molecule has 0 saturated carbocycles. The fourth-order valence-corrected chi connectivity index (χ4v) is 1.78. The van der Waals surface area contributed by atoms with Crippen LogP contribution in [0.4, 0.5) is 0 Å². The molecule has 1 unspecified atom stereocenters. The second-order valence-electron chi connectivity index (χ2n) is 5.33. The highest BCUT2D eigenvalue weighted by molar-refractivity contribution is 5.35. The summed E-state index contributed by atoms with van der Waals surface area (Å²) in [7, 11) is 2.00. The van der Waals surface area contributed by atoms with Crippen LogP contribution in [0.2, 0.25) is 0 Å². The maximum atomic E-state index is 3.28. The zero-order valence-corrected chi connectivity index (χ0v) is 10.8. The van der Waals surface area contributed by atoms with Gasteiger partial charge in [-0.25, -0.2) is 0 Å². The monoisotopic (exact) mass is 205 g/mol. The number of hydrogen-bond acceptors (Lipinski definition) is 1. The minimum atomic E-state index is 0.242. The molecule has 0 bridgehead atoms. The quantitative estimate of drug-likeness (QED) is 0.778. The van der Waals surface area contributed by atoms with E-state index in [1.54, 1.807) is 0 Å². The molecule has 1 aromatic rings. The molecule has 0 radical (unpaired) electrons. The summed E-state index contributed by atoms with van der Waals surface area (Å²) in [5.41, 5.74) is 4.42. The first kappa shape index (κ1) is 12.3. The van der Waals surface area contributed by atoms with Crippen molar-refractivity contribution < 1.29 is 0 Å². The molecule has 1 rings (SSSR count). The van der Waals surface area contributed by atoms with Crippen molar-refractivity contribution >= 4 is 0 Å². The van der Waals surface area contributed by atoms with Crippen molar-refractivity contribution in [2.45, 2.75) is 46.1 Å². The molecule has 1 atom stereocenters. The van der Waals surface area contributed by atoms with E-state index in [9.17, 15) is 0 Å². The van der Waals surface area contributed by atoms with E-state index < -0.39 is 0 Å². The van der Waals surface area contributed by atoms with Gasteiger partial charge in [-0.05, 0) is 43.0 Å². The highest BCUT2D eigenvalue weighted by atomic mass is 14.9. The molecule has 0 aliphatic rings. The van der Waals surface area contributed by atoms with Gasteiger partial charge in [0.1, 0.15) is 0 Å². The summed E-state index contributed by atoms with van der Waals surface area (Å²) in [6.07, 6.45) is 0. The van der Waals surface area contributed by atoms with E-state index in [2.05, 4.69) is 58.1 Å². The lowest BCUT2D eigenvalue weighted by Crippen LogP contribution is -2.16. The fourth-order valence-electron chi connectivity index (χ4n) is 1.78. The number of rotatable bonds is 2. The average molecular weight is 205 g/mol. The molecule has 0 amide bonds. The Kier molecular flexibility index (Phi) is 3.56. The van der Waals surface area contributed by atoms with Crippen LogP contribution in [0.3, 0.4) is 0 Å². The van der Waals surface area contributed by atoms with Gasteiger partial charge in [0, 0.05) is 6.04 Å². The number of nitrogens with one attached hydrogen (secondary N) is 1. The molecule has 0 spiro atoms. The Morgan fingerprint density at radius 3 is 2.20 bits per heavy atom. The summed E-state index contributed by atoms with van der Waals surface area (Å²) >= 11 is 0. The van der Waals surface area contributed by atoms with Crippen molar-refractivity contribution in [2.75, 3.05) is 7.05 Å². The minimum absolute atomic E-state index is 0.242. The largest absolute Gasteiger partial charge is 0.313 e. The van der Waals surface area contributed by atoms with Gasteiger partial charge in [0.15, 0.2) is 0 Å². The molecule has 1 aromatic carbocycles. The fraction of sp³-hybridized carbons (Fsp3) is 0.571. The van der Waals surface area contributed by atoms with E-state index in [0.29, 0.717) is 6.04 Å². The molecular weight excluding hydrogens is 182 g/mol. The van der Waals surface area contributed by atoms with Crippen LogP contribution in [0.1, 0.15) is 50.4 Å². The summed E-state index contributed by atoms with van der Waals surface area (Å²) in [6.45, 7) is 11.1. The van der Waals surface area contributed by atoms with Gasteiger partial charge in [-0.3, -0.25) is 0 Å². The Labute approximate surface area is 93.9 Å². The van der Waals surface area contributed by atoms with Gasteiger partial charge in [0.2, 0.25) is 0 Å². The number of benzene rings is 1. The van der Waals surface area contributed by atoms with Crippen molar-refractivity contribution in [1.82, 2.24) is 5.32 Å². The molecule has 84 valence electrons. The lowest BCUT2D eigenvalue weighted by molar-refractivity contribution is 0.587. The molecule has 1 N–H and O–H groups in total. The van der Waals surface area contributed by atoms with Crippen molar-refractivity contribution in [2.24, 2.45) is 0 Å². The van der Waals surface area contributed by atoms with Crippen LogP contribution in [-0.4, -0.2) is 7.05 Å². The number of hydrogen-bond donors (Lipinski definition) is 1. The van der Waals surface area contributed by atoms with Gasteiger partial charge in [0.05, 0.1) is 0 Å². The molecule has 0 aliphatic heterocycles. The van der Waals surface area contributed by atoms with Gasteiger partial charge in [-0.2, -0.15) is 0 Å². The predicted molar refractivity (Wildman–Crippen MR) is 67.4 cm³/mol. The van der Waals surface area contributed by atoms with Crippen molar-refractivity contribution in [3.63, 3.8) is 0 Å². The topological polar surface area (TPSA) is 12.0 Å². The summed E-state index contributed by atoms with van der Waals surface area (Å²) in [5, 5.41) is 3.28. The van der Waals surface area contributed by atoms with E-state index >= 15 is 0 Å². The minimum Gasteiger partial charge on any atom is -0.313 e. The maximum Gasteiger partial charge on any atom is 0.0291 e. The third kappa shape index (κ3) is 2.82. The first-order valence-electron chi connectivity index (χ1n) is 5.64. The number of aryl methyl sites for hydroxylation is 1. The van der Waals surface area contributed by atoms with Gasteiger partial charge < -0.3 is 5.32 Å². The summed E-state index contributed by atoms with van der Waals surface area (Å²) in [5.74, 6) is 0. The standard InChI is InChI=1S/C14H23N/c1-10-9-12(14(3,4)5)7-8-13(10)11(2)15-6/h7-9,11,15H,1-6H3. The molecule has 15 heavy (non-hydrogen) atoms. The summed E-state index contributed by atoms with van der Waals surface area (Å²) in [6, 6.07) is 7.23. The predicted octanol–water partition coefficient (Wildman–Crippen LogP) is 3.57. The lowest BCUT2D eigenvalue weighted by Gasteiger charge is -2.22. The van der Waals surface area contributed by atoms with Crippen LogP contribution >= 0.6 is 0 Å². The molecule has 0 fully saturated rings. The smallest absolute Gasteiger partial charge is 0.0291 e. The molecule has 0 aliphatic carbocycles. The van der Waals surface area contributed by atoms with Crippen molar-refractivity contribution in [3.05, 3.63) is 34.9 Å². The van der Waals surface area contributed by atoms with Crippen molar-refractivity contribution in [3.8, 4) is 0 Å². The van der Waals surface area contributed by atoms with Gasteiger partial charge in [0.25, 0.3) is 0 Å². The van der Waals surface area contributed by atoms with E-state index in [1.807, 2.05) is 7.05 Å². The van der Waals surface area contributed by atoms with Crippen molar-refractivity contribution in [1.29, 1.82) is 0 Å². The van der Waals surface area contributed by atoms with Crippen LogP contribution < -0.4 is 5.32 Å². The molecule has 0 aromatic heterocycles. The van der Waals surface area contributed by atoms with Crippen LogP contribution in [-0.2, 0) is 5.41 Å². The van der Waals surface area contributed by atoms with Crippen LogP contribution in [0, 0.1) is 6.92 Å². The molecule has 1 heteroatoms. The van der Waals surface area contributed by atoms with Gasteiger partial charge in [-0.1, -0.05) is 39.0 Å². The zero-order valence-electron chi connectivity index (χ0n) is 10.8. The average Bonchev–Trinajstić information content (AvgIpc) is 2.15. The third-order valence-corrected chi connectivity index (χ3v) is 3.04. The summed E-state index contributed by atoms with van der Waals surface area (Å²) in [4.78, 5) is 0. The zero-order chi connectivity index (χ0) is 11.6. The maximum absolute atomic E-state index is 3.28. The third-order valence-electron chi connectivity index (χ3n) is 3.04. The Morgan fingerprint density at radius 2 is 1.80 bits per heavy atom. The molecular formula is C14H23N. The molecule has 0 saturated heterocycles. The van der Waals surface area contributed by atoms with Crippen LogP contribution in [0.15, 0.2) is 18.2 Å². The second kappa shape index (κ2) is 4.36. The van der Waals surface area contributed by atoms with Crippen LogP contribution in [0.5, 0.6) is 0 Å². The Balaban J connectivity index is 3.09. The second-order valence-corrected chi connectivity index (χ2v) is 5.33. The van der Waals surface area contributed by atoms with E-state index in [4.69, 9.17) is 0 Å². The summed E-state index contributed by atoms with van der Waals surface area (Å²) < 4.78 is 0.